The van der Waals surface area contributed by atoms with E-state index in [1.54, 1.807) is 0 Å². The molecule has 1 aromatic carbocycles. The predicted molar refractivity (Wildman–Crippen MR) is 81.6 cm³/mol. The first kappa shape index (κ1) is 14.1. The Bertz CT molecular complexity index is 524. The first-order chi connectivity index (χ1) is 9.17. The van der Waals surface area contributed by atoms with Crippen LogP contribution in [-0.4, -0.2) is 35.1 Å². The number of imidazole rings is 1. The molecular weight excluding hydrogens is 234 g/mol. The van der Waals surface area contributed by atoms with E-state index in [-0.39, 0.29) is 0 Å². The number of hydrogen-bond acceptors (Lipinski definition) is 2. The van der Waals surface area contributed by atoms with Gasteiger partial charge in [0.1, 0.15) is 0 Å². The summed E-state index contributed by atoms with van der Waals surface area (Å²) in [6, 6.07) is 6.59. The lowest BCUT2D eigenvalue weighted by Gasteiger charge is -2.14. The fourth-order valence-corrected chi connectivity index (χ4v) is 2.65. The van der Waals surface area contributed by atoms with Crippen LogP contribution in [0.2, 0.25) is 0 Å². The molecule has 0 N–H and O–H groups in total. The normalized spacial score (nSPS) is 11.9. The first-order valence-electron chi connectivity index (χ1n) is 7.25. The summed E-state index contributed by atoms with van der Waals surface area (Å²) in [5.74, 6) is 0.626. The van der Waals surface area contributed by atoms with Gasteiger partial charge in [-0.25, -0.2) is 4.98 Å². The van der Waals surface area contributed by atoms with Gasteiger partial charge in [-0.2, -0.15) is 0 Å². The van der Waals surface area contributed by atoms with Crippen molar-refractivity contribution in [2.24, 2.45) is 0 Å². The second-order valence-electron chi connectivity index (χ2n) is 5.47. The van der Waals surface area contributed by atoms with Gasteiger partial charge in [0.05, 0.1) is 17.4 Å². The Morgan fingerprint density at radius 3 is 2.58 bits per heavy atom. The topological polar surface area (TPSA) is 21.1 Å². The molecule has 1 aromatic heterocycles. The number of hydrogen-bond donors (Lipinski definition) is 0. The van der Waals surface area contributed by atoms with Gasteiger partial charge in [0, 0.05) is 13.1 Å². The first-order valence-corrected chi connectivity index (χ1v) is 7.25. The van der Waals surface area contributed by atoms with Gasteiger partial charge in [-0.1, -0.05) is 26.0 Å². The van der Waals surface area contributed by atoms with Crippen molar-refractivity contribution in [2.45, 2.75) is 39.2 Å². The van der Waals surface area contributed by atoms with E-state index in [1.807, 2.05) is 6.33 Å². The van der Waals surface area contributed by atoms with Crippen molar-refractivity contribution in [1.29, 1.82) is 0 Å². The van der Waals surface area contributed by atoms with Gasteiger partial charge < -0.3 is 9.47 Å². The summed E-state index contributed by atoms with van der Waals surface area (Å²) >= 11 is 0. The van der Waals surface area contributed by atoms with Crippen LogP contribution < -0.4 is 0 Å². The van der Waals surface area contributed by atoms with E-state index in [1.165, 1.54) is 29.4 Å². The molecule has 0 bridgehead atoms. The van der Waals surface area contributed by atoms with Crippen molar-refractivity contribution in [3.8, 4) is 0 Å². The minimum atomic E-state index is 0.626. The van der Waals surface area contributed by atoms with Crippen LogP contribution in [0.15, 0.2) is 24.5 Å². The molecule has 3 heteroatoms. The van der Waals surface area contributed by atoms with Crippen LogP contribution in [0.4, 0.5) is 0 Å². The molecule has 0 unspecified atom stereocenters. The third-order valence-electron chi connectivity index (χ3n) is 3.90. The van der Waals surface area contributed by atoms with Crippen molar-refractivity contribution in [3.05, 3.63) is 30.1 Å². The second kappa shape index (κ2) is 6.20. The van der Waals surface area contributed by atoms with Crippen molar-refractivity contribution in [3.63, 3.8) is 0 Å². The highest BCUT2D eigenvalue weighted by molar-refractivity contribution is 5.79. The molecule has 2 rings (SSSR count). The molecule has 0 atom stereocenters. The highest BCUT2D eigenvalue weighted by Crippen LogP contribution is 2.29. The molecule has 0 aliphatic rings. The summed E-state index contributed by atoms with van der Waals surface area (Å²) in [6.07, 6.45) is 4.35. The SMILES string of the molecule is CCC(CC)c1cccc2c1ncn2CCN(C)C. The molecule has 0 aliphatic carbocycles. The molecule has 0 saturated heterocycles. The van der Waals surface area contributed by atoms with E-state index >= 15 is 0 Å². The van der Waals surface area contributed by atoms with E-state index in [4.69, 9.17) is 0 Å². The van der Waals surface area contributed by atoms with Gasteiger partial charge in [0.25, 0.3) is 0 Å². The van der Waals surface area contributed by atoms with Crippen molar-refractivity contribution >= 4 is 11.0 Å². The number of nitrogens with zero attached hydrogens (tertiary/aromatic N) is 3. The highest BCUT2D eigenvalue weighted by atomic mass is 15.1. The molecule has 0 radical (unpaired) electrons. The van der Waals surface area contributed by atoms with Crippen LogP contribution in [-0.2, 0) is 6.54 Å². The van der Waals surface area contributed by atoms with Gasteiger partial charge >= 0.3 is 0 Å². The zero-order valence-corrected chi connectivity index (χ0v) is 12.6. The van der Waals surface area contributed by atoms with Gasteiger partial charge in [-0.15, -0.1) is 0 Å². The zero-order valence-electron chi connectivity index (χ0n) is 12.6. The van der Waals surface area contributed by atoms with Crippen LogP contribution in [0.5, 0.6) is 0 Å². The van der Waals surface area contributed by atoms with Gasteiger partial charge in [-0.05, 0) is 44.5 Å². The highest BCUT2D eigenvalue weighted by Gasteiger charge is 2.13. The molecule has 0 saturated carbocycles. The van der Waals surface area contributed by atoms with Gasteiger partial charge in [-0.3, -0.25) is 0 Å². The monoisotopic (exact) mass is 259 g/mol. The summed E-state index contributed by atoms with van der Waals surface area (Å²) in [5.41, 5.74) is 3.87. The quantitative estimate of drug-likeness (QED) is 0.791. The molecule has 19 heavy (non-hydrogen) atoms. The summed E-state index contributed by atoms with van der Waals surface area (Å²) in [4.78, 5) is 6.86. The molecule has 0 aliphatic heterocycles. The maximum absolute atomic E-state index is 4.66. The lowest BCUT2D eigenvalue weighted by atomic mass is 9.93. The predicted octanol–water partition coefficient (Wildman–Crippen LogP) is 3.50. The number of benzene rings is 1. The molecule has 104 valence electrons. The average molecular weight is 259 g/mol. The van der Waals surface area contributed by atoms with Gasteiger partial charge in [0.15, 0.2) is 0 Å². The maximum Gasteiger partial charge on any atom is 0.0958 e. The van der Waals surface area contributed by atoms with Crippen LogP contribution in [0.3, 0.4) is 0 Å². The fourth-order valence-electron chi connectivity index (χ4n) is 2.65. The molecule has 0 amide bonds. The van der Waals surface area contributed by atoms with E-state index in [2.05, 4.69) is 60.6 Å². The van der Waals surface area contributed by atoms with Crippen LogP contribution in [0, 0.1) is 0 Å². The van der Waals surface area contributed by atoms with E-state index < -0.39 is 0 Å². The standard InChI is InChI=1S/C16H25N3/c1-5-13(6-2)14-8-7-9-15-16(14)17-12-19(15)11-10-18(3)4/h7-9,12-13H,5-6,10-11H2,1-4H3. The zero-order chi connectivity index (χ0) is 13.8. The molecular formula is C16H25N3. The average Bonchev–Trinajstić information content (AvgIpc) is 2.82. The number of para-hydroxylation sites is 1. The smallest absolute Gasteiger partial charge is 0.0958 e. The Kier molecular flexibility index (Phi) is 4.59. The molecule has 3 nitrogen and oxygen atoms in total. The molecule has 0 fully saturated rings. The van der Waals surface area contributed by atoms with Gasteiger partial charge in [0.2, 0.25) is 0 Å². The van der Waals surface area contributed by atoms with E-state index in [9.17, 15) is 0 Å². The second-order valence-corrected chi connectivity index (χ2v) is 5.47. The summed E-state index contributed by atoms with van der Waals surface area (Å²) in [7, 11) is 4.21. The largest absolute Gasteiger partial charge is 0.329 e. The van der Waals surface area contributed by atoms with Crippen LogP contribution in [0.25, 0.3) is 11.0 Å². The Labute approximate surface area is 116 Å². The van der Waals surface area contributed by atoms with Crippen molar-refractivity contribution in [1.82, 2.24) is 14.5 Å². The molecule has 1 heterocycles. The van der Waals surface area contributed by atoms with Crippen molar-refractivity contribution in [2.75, 3.05) is 20.6 Å². The summed E-state index contributed by atoms with van der Waals surface area (Å²) < 4.78 is 2.27. The Hall–Kier alpha value is -1.35. The van der Waals surface area contributed by atoms with Crippen LogP contribution in [0.1, 0.15) is 38.2 Å². The Morgan fingerprint density at radius 2 is 1.95 bits per heavy atom. The third-order valence-corrected chi connectivity index (χ3v) is 3.90. The van der Waals surface area contributed by atoms with E-state index in [0.29, 0.717) is 5.92 Å². The number of likely N-dealkylation sites (N-methyl/N-ethyl adjacent to an activating group) is 1. The number of aromatic nitrogens is 2. The Balaban J connectivity index is 2.36. The minimum absolute atomic E-state index is 0.626. The van der Waals surface area contributed by atoms with Crippen LogP contribution >= 0.6 is 0 Å². The van der Waals surface area contributed by atoms with E-state index in [0.717, 1.165) is 13.1 Å². The Morgan fingerprint density at radius 1 is 1.21 bits per heavy atom. The molecule has 0 spiro atoms. The van der Waals surface area contributed by atoms with Crippen molar-refractivity contribution < 1.29 is 0 Å². The minimum Gasteiger partial charge on any atom is -0.329 e. The maximum atomic E-state index is 4.66. The molecule has 2 aromatic rings. The number of rotatable bonds is 6. The third kappa shape index (κ3) is 2.98. The number of fused-ring (bicyclic) bond motifs is 1. The lowest BCUT2D eigenvalue weighted by molar-refractivity contribution is 0.386. The lowest BCUT2D eigenvalue weighted by Crippen LogP contribution is -2.17. The summed E-state index contributed by atoms with van der Waals surface area (Å²) in [5, 5.41) is 0. The summed E-state index contributed by atoms with van der Waals surface area (Å²) in [6.45, 7) is 6.56. The fraction of sp³-hybridized carbons (Fsp3) is 0.562.